The predicted molar refractivity (Wildman–Crippen MR) is 138 cm³/mol. The molecule has 1 saturated heterocycles. The van der Waals surface area contributed by atoms with Crippen molar-refractivity contribution < 1.29 is 38.6 Å². The summed E-state index contributed by atoms with van der Waals surface area (Å²) in [6.07, 6.45) is -4.90. The summed E-state index contributed by atoms with van der Waals surface area (Å²) in [5, 5.41) is 24.9. The maximum atomic E-state index is 12.9. The number of aliphatic hydroxyl groups excluding tert-OH is 1. The second kappa shape index (κ2) is 13.0. The highest BCUT2D eigenvalue weighted by molar-refractivity contribution is 5.89. The Balaban J connectivity index is 1.58. The van der Waals surface area contributed by atoms with Crippen molar-refractivity contribution in [3.05, 3.63) is 106 Å². The van der Waals surface area contributed by atoms with E-state index in [0.29, 0.717) is 0 Å². The average Bonchev–Trinajstić information content (AvgIpc) is 2.94. The third kappa shape index (κ3) is 7.38. The van der Waals surface area contributed by atoms with Crippen LogP contribution in [0.25, 0.3) is 0 Å². The minimum absolute atomic E-state index is 0.0810. The number of carbonyl (C=O) groups excluding carboxylic acids is 2. The highest BCUT2D eigenvalue weighted by Gasteiger charge is 2.49. The van der Waals surface area contributed by atoms with Gasteiger partial charge in [0.15, 0.2) is 6.10 Å². The number of amides is 1. The highest BCUT2D eigenvalue weighted by atomic mass is 16.7. The molecule has 3 aromatic rings. The van der Waals surface area contributed by atoms with Gasteiger partial charge in [0.2, 0.25) is 12.2 Å². The Morgan fingerprint density at radius 2 is 1.64 bits per heavy atom. The SMILES string of the molecule is CC(=O)N[C@H]1[C@H](Oc2ccc([N+](=O)[O-])cc2)O[C@H](COCc2ccccc2)[C@@H](O)[C@@H]1OC(=O)c1ccccc1. The average molecular weight is 537 g/mol. The number of non-ortho nitro benzene ring substituents is 1. The molecule has 0 unspecified atom stereocenters. The number of nitrogens with one attached hydrogen (secondary N) is 1. The molecule has 1 amide bonds. The molecule has 0 bridgehead atoms. The molecule has 204 valence electrons. The molecular formula is C28H28N2O9. The fraction of sp³-hybridized carbons (Fsp3) is 0.286. The Kier molecular flexibility index (Phi) is 9.21. The molecular weight excluding hydrogens is 508 g/mol. The summed E-state index contributed by atoms with van der Waals surface area (Å²) < 4.78 is 23.4. The number of carbonyl (C=O) groups is 2. The van der Waals surface area contributed by atoms with Gasteiger partial charge in [-0.1, -0.05) is 48.5 Å². The molecule has 0 spiro atoms. The second-order valence-electron chi connectivity index (χ2n) is 8.87. The van der Waals surface area contributed by atoms with Crippen molar-refractivity contribution in [2.75, 3.05) is 6.61 Å². The van der Waals surface area contributed by atoms with Crippen molar-refractivity contribution in [2.45, 2.75) is 44.2 Å². The van der Waals surface area contributed by atoms with Gasteiger partial charge in [-0.2, -0.15) is 0 Å². The van der Waals surface area contributed by atoms with Crippen LogP contribution in [0.15, 0.2) is 84.9 Å². The van der Waals surface area contributed by atoms with Gasteiger partial charge in [0.1, 0.15) is 24.0 Å². The number of nitrogens with zero attached hydrogens (tertiary/aromatic N) is 1. The lowest BCUT2D eigenvalue weighted by Crippen LogP contribution is -2.66. The number of hydrogen-bond donors (Lipinski definition) is 2. The van der Waals surface area contributed by atoms with Crippen molar-refractivity contribution in [3.63, 3.8) is 0 Å². The van der Waals surface area contributed by atoms with Crippen LogP contribution >= 0.6 is 0 Å². The summed E-state index contributed by atoms with van der Waals surface area (Å²) in [5.74, 6) is -0.989. The van der Waals surface area contributed by atoms with Crippen LogP contribution in [-0.4, -0.2) is 59.2 Å². The van der Waals surface area contributed by atoms with E-state index in [4.69, 9.17) is 18.9 Å². The summed E-state index contributed by atoms with van der Waals surface area (Å²) in [6, 6.07) is 21.8. The Morgan fingerprint density at radius 1 is 1.00 bits per heavy atom. The van der Waals surface area contributed by atoms with Crippen molar-refractivity contribution in [1.82, 2.24) is 5.32 Å². The van der Waals surface area contributed by atoms with Gasteiger partial charge in [-0.05, 0) is 29.8 Å². The minimum Gasteiger partial charge on any atom is -0.463 e. The number of ether oxygens (including phenoxy) is 4. The molecule has 1 aliphatic rings. The van der Waals surface area contributed by atoms with Gasteiger partial charge >= 0.3 is 5.97 Å². The van der Waals surface area contributed by atoms with E-state index in [1.54, 1.807) is 30.3 Å². The number of esters is 1. The molecule has 4 rings (SSSR count). The fourth-order valence-electron chi connectivity index (χ4n) is 4.10. The highest BCUT2D eigenvalue weighted by Crippen LogP contribution is 2.28. The monoisotopic (exact) mass is 536 g/mol. The first-order valence-electron chi connectivity index (χ1n) is 12.2. The third-order valence-electron chi connectivity index (χ3n) is 5.99. The van der Waals surface area contributed by atoms with Gasteiger partial charge in [0.05, 0.1) is 23.7 Å². The number of nitro groups is 1. The maximum Gasteiger partial charge on any atom is 0.338 e. The lowest BCUT2D eigenvalue weighted by Gasteiger charge is -2.43. The minimum atomic E-state index is -1.39. The molecule has 5 atom stereocenters. The molecule has 0 aliphatic carbocycles. The zero-order valence-corrected chi connectivity index (χ0v) is 21.0. The van der Waals surface area contributed by atoms with E-state index < -0.39 is 47.4 Å². The lowest BCUT2D eigenvalue weighted by molar-refractivity contribution is -0.384. The Labute approximate surface area is 224 Å². The predicted octanol–water partition coefficient (Wildman–Crippen LogP) is 3.01. The van der Waals surface area contributed by atoms with E-state index in [2.05, 4.69) is 5.32 Å². The van der Waals surface area contributed by atoms with Crippen LogP contribution in [0.3, 0.4) is 0 Å². The van der Waals surface area contributed by atoms with Gasteiger partial charge in [-0.25, -0.2) is 4.79 Å². The first kappa shape index (κ1) is 27.7. The van der Waals surface area contributed by atoms with Crippen LogP contribution < -0.4 is 10.1 Å². The van der Waals surface area contributed by atoms with Crippen LogP contribution in [-0.2, 0) is 25.6 Å². The Hall–Kier alpha value is -4.32. The zero-order valence-electron chi connectivity index (χ0n) is 21.0. The molecule has 11 heteroatoms. The Bertz CT molecular complexity index is 1260. The van der Waals surface area contributed by atoms with E-state index in [9.17, 15) is 24.8 Å². The number of benzene rings is 3. The quantitative estimate of drug-likeness (QED) is 0.227. The summed E-state index contributed by atoms with van der Waals surface area (Å²) in [5.41, 5.74) is 1.02. The number of aliphatic hydroxyl groups is 1. The van der Waals surface area contributed by atoms with Crippen LogP contribution in [0.4, 0.5) is 5.69 Å². The van der Waals surface area contributed by atoms with Gasteiger partial charge in [0.25, 0.3) is 5.69 Å². The summed E-state index contributed by atoms with van der Waals surface area (Å²) >= 11 is 0. The van der Waals surface area contributed by atoms with E-state index in [1.165, 1.54) is 31.2 Å². The molecule has 39 heavy (non-hydrogen) atoms. The summed E-state index contributed by atoms with van der Waals surface area (Å²) in [7, 11) is 0. The number of nitro benzene ring substituents is 1. The second-order valence-corrected chi connectivity index (χ2v) is 8.87. The molecule has 1 aliphatic heterocycles. The zero-order chi connectivity index (χ0) is 27.8. The van der Waals surface area contributed by atoms with E-state index in [-0.39, 0.29) is 30.2 Å². The largest absolute Gasteiger partial charge is 0.463 e. The van der Waals surface area contributed by atoms with E-state index in [1.807, 2.05) is 30.3 Å². The number of hydrogen-bond acceptors (Lipinski definition) is 9. The maximum absolute atomic E-state index is 12.9. The first-order valence-corrected chi connectivity index (χ1v) is 12.2. The summed E-state index contributed by atoms with van der Waals surface area (Å²) in [6.45, 7) is 1.42. The molecule has 0 aromatic heterocycles. The summed E-state index contributed by atoms with van der Waals surface area (Å²) in [4.78, 5) is 35.5. The normalized spacial score (nSPS) is 22.5. The topological polar surface area (TPSA) is 146 Å². The van der Waals surface area contributed by atoms with Crippen molar-refractivity contribution in [2.24, 2.45) is 0 Å². The lowest BCUT2D eigenvalue weighted by atomic mass is 9.96. The molecule has 0 saturated carbocycles. The molecule has 2 N–H and O–H groups in total. The van der Waals surface area contributed by atoms with Crippen LogP contribution in [0.1, 0.15) is 22.8 Å². The Morgan fingerprint density at radius 3 is 2.26 bits per heavy atom. The van der Waals surface area contributed by atoms with Crippen molar-refractivity contribution in [1.29, 1.82) is 0 Å². The standard InChI is InChI=1S/C28H28N2O9/c1-18(31)29-24-26(39-27(33)20-10-6-3-7-11-20)25(32)23(17-36-16-19-8-4-2-5-9-19)38-28(24)37-22-14-12-21(13-15-22)30(34)35/h2-15,23-26,28,32H,16-17H2,1H3,(H,29,31)/t23-,24-,25-,26-,28-/m1/s1. The van der Waals surface area contributed by atoms with Crippen LogP contribution in [0, 0.1) is 10.1 Å². The third-order valence-corrected chi connectivity index (χ3v) is 5.99. The first-order chi connectivity index (χ1) is 18.8. The molecule has 3 aromatic carbocycles. The van der Waals surface area contributed by atoms with E-state index in [0.717, 1.165) is 5.56 Å². The molecule has 1 heterocycles. The van der Waals surface area contributed by atoms with E-state index >= 15 is 0 Å². The van der Waals surface area contributed by atoms with Crippen LogP contribution in [0.2, 0.25) is 0 Å². The smallest absolute Gasteiger partial charge is 0.338 e. The van der Waals surface area contributed by atoms with Gasteiger partial charge in [0, 0.05) is 19.1 Å². The molecule has 0 radical (unpaired) electrons. The molecule has 11 nitrogen and oxygen atoms in total. The van der Waals surface area contributed by atoms with Gasteiger partial charge < -0.3 is 29.4 Å². The van der Waals surface area contributed by atoms with Crippen molar-refractivity contribution >= 4 is 17.6 Å². The van der Waals surface area contributed by atoms with Gasteiger partial charge in [-0.15, -0.1) is 0 Å². The fourth-order valence-corrected chi connectivity index (χ4v) is 4.10. The molecule has 1 fully saturated rings. The van der Waals surface area contributed by atoms with Crippen molar-refractivity contribution in [3.8, 4) is 5.75 Å². The number of rotatable bonds is 10. The van der Waals surface area contributed by atoms with Crippen LogP contribution in [0.5, 0.6) is 5.75 Å². The van der Waals surface area contributed by atoms with Gasteiger partial charge in [-0.3, -0.25) is 14.9 Å².